The minimum absolute atomic E-state index is 0.124. The maximum Gasteiger partial charge on any atom is 0.242 e. The van der Waals surface area contributed by atoms with E-state index in [1.165, 1.54) is 11.3 Å². The maximum absolute atomic E-state index is 11.5. The molecule has 0 aliphatic rings. The van der Waals surface area contributed by atoms with Crippen LogP contribution in [0, 0.1) is 0 Å². The van der Waals surface area contributed by atoms with Crippen LogP contribution >= 0.6 is 11.3 Å². The van der Waals surface area contributed by atoms with E-state index >= 15 is 0 Å². The Balaban J connectivity index is 2.36. The Morgan fingerprint density at radius 1 is 1.50 bits per heavy atom. The van der Waals surface area contributed by atoms with Crippen molar-refractivity contribution in [2.75, 3.05) is 6.54 Å². The van der Waals surface area contributed by atoms with Gasteiger partial charge in [0.15, 0.2) is 0 Å². The molecule has 4 nitrogen and oxygen atoms in total. The zero-order valence-corrected chi connectivity index (χ0v) is 10.3. The first-order valence-corrected chi connectivity index (χ1v) is 6.11. The van der Waals surface area contributed by atoms with Crippen molar-refractivity contribution in [1.29, 1.82) is 0 Å². The molecule has 2 N–H and O–H groups in total. The third kappa shape index (κ3) is 4.02. The first-order chi connectivity index (χ1) is 7.63. The van der Waals surface area contributed by atoms with E-state index in [2.05, 4.69) is 10.6 Å². The number of nitrogens with one attached hydrogen (secondary N) is 2. The molecule has 0 bridgehead atoms. The molecule has 1 rings (SSSR count). The third-order valence-corrected chi connectivity index (χ3v) is 2.91. The SMILES string of the molecule is CCNC(=O)[C@H](C)NC(=O)Cc1cccs1. The molecule has 0 unspecified atom stereocenters. The highest BCUT2D eigenvalue weighted by molar-refractivity contribution is 7.10. The van der Waals surface area contributed by atoms with E-state index in [0.717, 1.165) is 4.88 Å². The summed E-state index contributed by atoms with van der Waals surface area (Å²) in [4.78, 5) is 23.9. The number of rotatable bonds is 5. The van der Waals surface area contributed by atoms with Crippen LogP contribution in [0.5, 0.6) is 0 Å². The molecule has 5 heteroatoms. The Labute approximate surface area is 99.0 Å². The van der Waals surface area contributed by atoms with Crippen molar-refractivity contribution >= 4 is 23.2 Å². The summed E-state index contributed by atoms with van der Waals surface area (Å²) in [5.74, 6) is -0.275. The minimum Gasteiger partial charge on any atom is -0.355 e. The highest BCUT2D eigenvalue weighted by Gasteiger charge is 2.14. The van der Waals surface area contributed by atoms with Crippen LogP contribution in [0.25, 0.3) is 0 Å². The Hall–Kier alpha value is -1.36. The van der Waals surface area contributed by atoms with Crippen molar-refractivity contribution in [3.8, 4) is 0 Å². The average Bonchev–Trinajstić information content (AvgIpc) is 2.70. The molecular formula is C11H16N2O2S. The molecule has 0 spiro atoms. The molecule has 0 aliphatic carbocycles. The lowest BCUT2D eigenvalue weighted by Gasteiger charge is -2.12. The number of amides is 2. The second-order valence-electron chi connectivity index (χ2n) is 3.44. The molecule has 0 aromatic carbocycles. The number of thiophene rings is 1. The van der Waals surface area contributed by atoms with E-state index in [9.17, 15) is 9.59 Å². The molecule has 1 aromatic rings. The number of hydrogen-bond donors (Lipinski definition) is 2. The van der Waals surface area contributed by atoms with Crippen LogP contribution < -0.4 is 10.6 Å². The Morgan fingerprint density at radius 3 is 2.81 bits per heavy atom. The van der Waals surface area contributed by atoms with Crippen LogP contribution in [0.1, 0.15) is 18.7 Å². The van der Waals surface area contributed by atoms with Crippen molar-refractivity contribution in [2.45, 2.75) is 26.3 Å². The topological polar surface area (TPSA) is 58.2 Å². The Morgan fingerprint density at radius 2 is 2.25 bits per heavy atom. The van der Waals surface area contributed by atoms with Gasteiger partial charge in [-0.1, -0.05) is 6.07 Å². The highest BCUT2D eigenvalue weighted by Crippen LogP contribution is 2.08. The van der Waals surface area contributed by atoms with Crippen LogP contribution in [0.2, 0.25) is 0 Å². The van der Waals surface area contributed by atoms with E-state index in [4.69, 9.17) is 0 Å². The van der Waals surface area contributed by atoms with E-state index in [0.29, 0.717) is 13.0 Å². The van der Waals surface area contributed by atoms with Gasteiger partial charge < -0.3 is 10.6 Å². The summed E-state index contributed by atoms with van der Waals surface area (Å²) in [6.45, 7) is 4.10. The molecular weight excluding hydrogens is 224 g/mol. The number of carbonyl (C=O) groups is 2. The van der Waals surface area contributed by atoms with Gasteiger partial charge in [0.25, 0.3) is 0 Å². The molecule has 0 saturated heterocycles. The van der Waals surface area contributed by atoms with E-state index in [-0.39, 0.29) is 11.8 Å². The third-order valence-electron chi connectivity index (χ3n) is 2.04. The normalized spacial score (nSPS) is 11.9. The zero-order chi connectivity index (χ0) is 12.0. The summed E-state index contributed by atoms with van der Waals surface area (Å²) < 4.78 is 0. The molecule has 0 radical (unpaired) electrons. The summed E-state index contributed by atoms with van der Waals surface area (Å²) in [6.07, 6.45) is 0.335. The number of likely N-dealkylation sites (N-methyl/N-ethyl adjacent to an activating group) is 1. The van der Waals surface area contributed by atoms with Crippen LogP contribution in [0.3, 0.4) is 0 Å². The van der Waals surface area contributed by atoms with Crippen LogP contribution in [0.15, 0.2) is 17.5 Å². The lowest BCUT2D eigenvalue weighted by molar-refractivity contribution is -0.128. The molecule has 0 fully saturated rings. The number of carbonyl (C=O) groups excluding carboxylic acids is 2. The fourth-order valence-electron chi connectivity index (χ4n) is 1.26. The molecule has 0 saturated carbocycles. The summed E-state index contributed by atoms with van der Waals surface area (Å²) in [6, 6.07) is 3.33. The summed E-state index contributed by atoms with van der Waals surface area (Å²) >= 11 is 1.54. The fraction of sp³-hybridized carbons (Fsp3) is 0.455. The highest BCUT2D eigenvalue weighted by atomic mass is 32.1. The Bertz CT molecular complexity index is 349. The molecule has 0 aliphatic heterocycles. The van der Waals surface area contributed by atoms with Gasteiger partial charge in [-0.3, -0.25) is 9.59 Å². The van der Waals surface area contributed by atoms with Gasteiger partial charge in [-0.2, -0.15) is 0 Å². The van der Waals surface area contributed by atoms with E-state index in [1.54, 1.807) is 6.92 Å². The zero-order valence-electron chi connectivity index (χ0n) is 9.45. The predicted molar refractivity (Wildman–Crippen MR) is 64.3 cm³/mol. The van der Waals surface area contributed by atoms with Gasteiger partial charge in [0.1, 0.15) is 6.04 Å². The lowest BCUT2D eigenvalue weighted by atomic mass is 10.2. The Kier molecular flexibility index (Phi) is 4.98. The van der Waals surface area contributed by atoms with Crippen molar-refractivity contribution in [2.24, 2.45) is 0 Å². The van der Waals surface area contributed by atoms with Crippen LogP contribution in [-0.4, -0.2) is 24.4 Å². The molecule has 16 heavy (non-hydrogen) atoms. The molecule has 2 amide bonds. The fourth-order valence-corrected chi connectivity index (χ4v) is 1.96. The molecule has 88 valence electrons. The number of hydrogen-bond acceptors (Lipinski definition) is 3. The second-order valence-corrected chi connectivity index (χ2v) is 4.47. The van der Waals surface area contributed by atoms with Gasteiger partial charge in [0.2, 0.25) is 11.8 Å². The van der Waals surface area contributed by atoms with Crippen molar-refractivity contribution in [3.05, 3.63) is 22.4 Å². The summed E-state index contributed by atoms with van der Waals surface area (Å²) in [5.41, 5.74) is 0. The molecule has 1 heterocycles. The smallest absolute Gasteiger partial charge is 0.242 e. The van der Waals surface area contributed by atoms with Gasteiger partial charge in [0.05, 0.1) is 6.42 Å². The summed E-state index contributed by atoms with van der Waals surface area (Å²) in [5, 5.41) is 7.24. The van der Waals surface area contributed by atoms with Crippen LogP contribution in [0.4, 0.5) is 0 Å². The monoisotopic (exact) mass is 240 g/mol. The van der Waals surface area contributed by atoms with Gasteiger partial charge in [-0.25, -0.2) is 0 Å². The van der Waals surface area contributed by atoms with Crippen molar-refractivity contribution in [1.82, 2.24) is 10.6 Å². The quantitative estimate of drug-likeness (QED) is 0.804. The first kappa shape index (κ1) is 12.7. The summed E-state index contributed by atoms with van der Waals surface area (Å²) in [7, 11) is 0. The molecule has 1 aromatic heterocycles. The van der Waals surface area contributed by atoms with Gasteiger partial charge >= 0.3 is 0 Å². The maximum atomic E-state index is 11.5. The van der Waals surface area contributed by atoms with Gasteiger partial charge in [-0.15, -0.1) is 11.3 Å². The van der Waals surface area contributed by atoms with Crippen molar-refractivity contribution in [3.63, 3.8) is 0 Å². The first-order valence-electron chi connectivity index (χ1n) is 5.23. The largest absolute Gasteiger partial charge is 0.355 e. The second kappa shape index (κ2) is 6.27. The van der Waals surface area contributed by atoms with Crippen LogP contribution in [-0.2, 0) is 16.0 Å². The lowest BCUT2D eigenvalue weighted by Crippen LogP contribution is -2.45. The predicted octanol–water partition coefficient (Wildman–Crippen LogP) is 0.931. The van der Waals surface area contributed by atoms with E-state index in [1.807, 2.05) is 24.4 Å². The molecule has 1 atom stereocenters. The van der Waals surface area contributed by atoms with E-state index < -0.39 is 6.04 Å². The average molecular weight is 240 g/mol. The van der Waals surface area contributed by atoms with Gasteiger partial charge in [-0.05, 0) is 25.3 Å². The standard InChI is InChI=1S/C11H16N2O2S/c1-3-12-11(15)8(2)13-10(14)7-9-5-4-6-16-9/h4-6,8H,3,7H2,1-2H3,(H,12,15)(H,13,14)/t8-/m0/s1. The van der Waals surface area contributed by atoms with Crippen molar-refractivity contribution < 1.29 is 9.59 Å². The van der Waals surface area contributed by atoms with Gasteiger partial charge in [0, 0.05) is 11.4 Å². The minimum atomic E-state index is -0.479.